The van der Waals surface area contributed by atoms with Crippen LogP contribution >= 0.6 is 0 Å². The minimum atomic E-state index is 0.264. The molecule has 4 rings (SSSR count). The Morgan fingerprint density at radius 2 is 1.50 bits per heavy atom. The smallest absolute Gasteiger partial charge is 0.225 e. The number of nitrogens with one attached hydrogen (secondary N) is 2. The fourth-order valence-electron chi connectivity index (χ4n) is 5.43. The number of carbonyl (C=O) groups excluding carboxylic acids is 2. The summed E-state index contributed by atoms with van der Waals surface area (Å²) in [6, 6.07) is 0.277. The molecule has 1 atom stereocenters. The van der Waals surface area contributed by atoms with E-state index in [1.54, 1.807) is 0 Å². The summed E-state index contributed by atoms with van der Waals surface area (Å²) in [7, 11) is 0. The highest BCUT2D eigenvalue weighted by atomic mass is 16.2. The Balaban J connectivity index is 1.17. The van der Waals surface area contributed by atoms with Crippen LogP contribution in [0, 0.1) is 11.8 Å². The summed E-state index contributed by atoms with van der Waals surface area (Å²) in [6.07, 6.45) is 8.92. The predicted molar refractivity (Wildman–Crippen MR) is 126 cm³/mol. The van der Waals surface area contributed by atoms with Crippen LogP contribution in [0.15, 0.2) is 4.99 Å². The first kappa shape index (κ1) is 23.3. The van der Waals surface area contributed by atoms with Gasteiger partial charge in [0.05, 0.1) is 6.54 Å². The molecule has 0 spiro atoms. The highest BCUT2D eigenvalue weighted by Crippen LogP contribution is 2.29. The van der Waals surface area contributed by atoms with Gasteiger partial charge in [-0.3, -0.25) is 19.5 Å². The van der Waals surface area contributed by atoms with Crippen molar-refractivity contribution in [3.05, 3.63) is 0 Å². The third-order valence-corrected chi connectivity index (χ3v) is 7.71. The van der Waals surface area contributed by atoms with E-state index in [0.717, 1.165) is 97.0 Å². The van der Waals surface area contributed by atoms with Crippen molar-refractivity contribution in [1.82, 2.24) is 25.3 Å². The number of guanidine groups is 1. The van der Waals surface area contributed by atoms with Gasteiger partial charge in [-0.2, -0.15) is 0 Å². The molecular weight excluding hydrogens is 404 g/mol. The monoisotopic (exact) mass is 446 g/mol. The van der Waals surface area contributed by atoms with E-state index < -0.39 is 0 Å². The van der Waals surface area contributed by atoms with E-state index in [1.807, 2.05) is 0 Å². The fourth-order valence-corrected chi connectivity index (χ4v) is 5.43. The van der Waals surface area contributed by atoms with Crippen molar-refractivity contribution in [2.75, 3.05) is 58.9 Å². The molecular formula is C24H42N6O2. The minimum Gasteiger partial charge on any atom is -0.357 e. The van der Waals surface area contributed by atoms with Crippen LogP contribution in [-0.2, 0) is 9.59 Å². The molecule has 4 fully saturated rings. The van der Waals surface area contributed by atoms with Crippen molar-refractivity contribution in [1.29, 1.82) is 0 Å². The number of hydrogen-bond acceptors (Lipinski definition) is 4. The van der Waals surface area contributed by atoms with Gasteiger partial charge in [-0.25, -0.2) is 0 Å². The quantitative estimate of drug-likeness (QED) is 0.455. The Bertz CT molecular complexity index is 665. The van der Waals surface area contributed by atoms with E-state index in [0.29, 0.717) is 17.7 Å². The molecule has 2 saturated heterocycles. The van der Waals surface area contributed by atoms with E-state index in [4.69, 9.17) is 4.99 Å². The van der Waals surface area contributed by atoms with Gasteiger partial charge in [-0.15, -0.1) is 0 Å². The fraction of sp³-hybridized carbons (Fsp3) is 0.875. The zero-order valence-corrected chi connectivity index (χ0v) is 19.9. The van der Waals surface area contributed by atoms with Crippen LogP contribution in [0.1, 0.15) is 58.3 Å². The molecule has 2 amide bonds. The van der Waals surface area contributed by atoms with Gasteiger partial charge < -0.3 is 20.4 Å². The van der Waals surface area contributed by atoms with Crippen LogP contribution < -0.4 is 10.6 Å². The van der Waals surface area contributed by atoms with Crippen LogP contribution in [-0.4, -0.2) is 97.4 Å². The highest BCUT2D eigenvalue weighted by Gasteiger charge is 2.33. The topological polar surface area (TPSA) is 80.3 Å². The molecule has 0 aromatic heterocycles. The first-order chi connectivity index (χ1) is 15.6. The van der Waals surface area contributed by atoms with Gasteiger partial charge in [-0.1, -0.05) is 19.3 Å². The number of rotatable bonds is 7. The molecule has 0 bridgehead atoms. The number of hydrogen-bond donors (Lipinski definition) is 2. The first-order valence-corrected chi connectivity index (χ1v) is 13.0. The Labute approximate surface area is 193 Å². The van der Waals surface area contributed by atoms with Gasteiger partial charge in [0.15, 0.2) is 5.96 Å². The predicted octanol–water partition coefficient (Wildman–Crippen LogP) is 1.28. The zero-order chi connectivity index (χ0) is 22.3. The van der Waals surface area contributed by atoms with Crippen LogP contribution in [0.5, 0.6) is 0 Å². The zero-order valence-electron chi connectivity index (χ0n) is 19.9. The molecule has 32 heavy (non-hydrogen) atoms. The van der Waals surface area contributed by atoms with Gasteiger partial charge in [0.2, 0.25) is 11.8 Å². The summed E-state index contributed by atoms with van der Waals surface area (Å²) in [4.78, 5) is 36.4. The van der Waals surface area contributed by atoms with Crippen molar-refractivity contribution < 1.29 is 9.59 Å². The van der Waals surface area contributed by atoms with Gasteiger partial charge in [0, 0.05) is 70.2 Å². The molecule has 2 N–H and O–H groups in total. The molecule has 8 heteroatoms. The highest BCUT2D eigenvalue weighted by molar-refractivity contribution is 5.81. The maximum atomic E-state index is 12.7. The average Bonchev–Trinajstić information content (AvgIpc) is 3.45. The lowest BCUT2D eigenvalue weighted by molar-refractivity contribution is -0.140. The van der Waals surface area contributed by atoms with E-state index in [2.05, 4.69) is 32.3 Å². The molecule has 0 radical (unpaired) electrons. The molecule has 2 heterocycles. The van der Waals surface area contributed by atoms with Crippen LogP contribution in [0.4, 0.5) is 0 Å². The molecule has 2 saturated carbocycles. The Morgan fingerprint density at radius 1 is 0.844 bits per heavy atom. The molecule has 0 aromatic rings. The SMILES string of the molecule is CCNC(=NCCN1CCN(C(=O)C2CCC2)CC1)NC1CCN(C(=O)C2CCCC2)C1. The summed E-state index contributed by atoms with van der Waals surface area (Å²) < 4.78 is 0. The second kappa shape index (κ2) is 11.3. The van der Waals surface area contributed by atoms with E-state index in [9.17, 15) is 9.59 Å². The van der Waals surface area contributed by atoms with Gasteiger partial charge in [0.1, 0.15) is 0 Å². The summed E-state index contributed by atoms with van der Waals surface area (Å²) in [5.41, 5.74) is 0. The lowest BCUT2D eigenvalue weighted by Gasteiger charge is -2.38. The Kier molecular flexibility index (Phi) is 8.27. The first-order valence-electron chi connectivity index (χ1n) is 13.0. The molecule has 8 nitrogen and oxygen atoms in total. The Hall–Kier alpha value is -1.83. The minimum absolute atomic E-state index is 0.264. The summed E-state index contributed by atoms with van der Waals surface area (Å²) >= 11 is 0. The van der Waals surface area contributed by atoms with Crippen molar-refractivity contribution in [2.24, 2.45) is 16.8 Å². The van der Waals surface area contributed by atoms with Crippen molar-refractivity contribution in [2.45, 2.75) is 64.3 Å². The molecule has 0 aromatic carbocycles. The van der Waals surface area contributed by atoms with E-state index in [-0.39, 0.29) is 12.0 Å². The number of piperazine rings is 1. The second-order valence-electron chi connectivity index (χ2n) is 9.95. The molecule has 1 unspecified atom stereocenters. The van der Waals surface area contributed by atoms with Gasteiger partial charge in [-0.05, 0) is 39.0 Å². The van der Waals surface area contributed by atoms with Gasteiger partial charge >= 0.3 is 0 Å². The molecule has 180 valence electrons. The number of amides is 2. The summed E-state index contributed by atoms with van der Waals surface area (Å²) in [5.74, 6) is 2.17. The maximum absolute atomic E-state index is 12.7. The van der Waals surface area contributed by atoms with Crippen LogP contribution in [0.2, 0.25) is 0 Å². The van der Waals surface area contributed by atoms with Crippen molar-refractivity contribution >= 4 is 17.8 Å². The van der Waals surface area contributed by atoms with Crippen molar-refractivity contribution in [3.8, 4) is 0 Å². The standard InChI is InChI=1S/C24H42N6O2/c1-2-25-24(27-21-10-12-30(18-21)23(32)19-6-3-4-7-19)26-11-13-28-14-16-29(17-15-28)22(31)20-8-5-9-20/h19-21H,2-18H2,1H3,(H2,25,26,27). The van der Waals surface area contributed by atoms with Crippen LogP contribution in [0.3, 0.4) is 0 Å². The van der Waals surface area contributed by atoms with Crippen LogP contribution in [0.25, 0.3) is 0 Å². The number of likely N-dealkylation sites (tertiary alicyclic amines) is 1. The van der Waals surface area contributed by atoms with Gasteiger partial charge in [0.25, 0.3) is 0 Å². The molecule has 2 aliphatic heterocycles. The largest absolute Gasteiger partial charge is 0.357 e. The summed E-state index contributed by atoms with van der Waals surface area (Å²) in [6.45, 7) is 9.80. The molecule has 2 aliphatic carbocycles. The number of carbonyl (C=O) groups is 2. The maximum Gasteiger partial charge on any atom is 0.225 e. The third-order valence-electron chi connectivity index (χ3n) is 7.71. The number of aliphatic imine (C=N–C) groups is 1. The second-order valence-corrected chi connectivity index (χ2v) is 9.95. The average molecular weight is 447 g/mol. The molecule has 4 aliphatic rings. The normalized spacial score (nSPS) is 25.8. The third kappa shape index (κ3) is 5.94. The lowest BCUT2D eigenvalue weighted by Crippen LogP contribution is -2.51. The summed E-state index contributed by atoms with van der Waals surface area (Å²) in [5, 5.41) is 6.91. The number of nitrogens with zero attached hydrogens (tertiary/aromatic N) is 4. The lowest BCUT2D eigenvalue weighted by atomic mass is 9.84. The van der Waals surface area contributed by atoms with Crippen molar-refractivity contribution in [3.63, 3.8) is 0 Å². The van der Waals surface area contributed by atoms with E-state index >= 15 is 0 Å². The van der Waals surface area contributed by atoms with E-state index in [1.165, 1.54) is 19.3 Å². The Morgan fingerprint density at radius 3 is 2.12 bits per heavy atom.